The zero-order chi connectivity index (χ0) is 10.8. The molecule has 2 rings (SSSR count). The number of benzene rings is 1. The van der Waals surface area contributed by atoms with Gasteiger partial charge < -0.3 is 19.5 Å². The highest BCUT2D eigenvalue weighted by molar-refractivity contribution is 5.45. The van der Waals surface area contributed by atoms with Crippen LogP contribution in [0.1, 0.15) is 11.7 Å². The van der Waals surface area contributed by atoms with Crippen molar-refractivity contribution < 1.29 is 14.6 Å². The zero-order valence-electron chi connectivity index (χ0n) is 8.64. The molecule has 0 aromatic heterocycles. The zero-order valence-corrected chi connectivity index (χ0v) is 8.64. The van der Waals surface area contributed by atoms with E-state index >= 15 is 0 Å². The van der Waals surface area contributed by atoms with Crippen LogP contribution < -0.4 is 9.47 Å². The summed E-state index contributed by atoms with van der Waals surface area (Å²) in [6.45, 7) is 0.740. The molecule has 0 saturated heterocycles. The van der Waals surface area contributed by atoms with Crippen molar-refractivity contribution >= 4 is 0 Å². The van der Waals surface area contributed by atoms with Gasteiger partial charge in [0.1, 0.15) is 0 Å². The molecular weight excluding hydrogens is 194 g/mol. The fourth-order valence-electron chi connectivity index (χ4n) is 1.52. The Balaban J connectivity index is 2.15. The van der Waals surface area contributed by atoms with Crippen LogP contribution in [-0.2, 0) is 0 Å². The average molecular weight is 208 g/mol. The summed E-state index contributed by atoms with van der Waals surface area (Å²) in [5.41, 5.74) is 0.815. The van der Waals surface area contributed by atoms with Crippen LogP contribution in [0.2, 0.25) is 0 Å². The van der Waals surface area contributed by atoms with Crippen LogP contribution in [0.4, 0.5) is 0 Å². The Morgan fingerprint density at radius 2 is 2.20 bits per heavy atom. The summed E-state index contributed by atoms with van der Waals surface area (Å²) in [5.74, 6) is 1.42. The second-order valence-electron chi connectivity index (χ2n) is 3.67. The molecular formula is C11H14NO3. The molecule has 15 heavy (non-hydrogen) atoms. The van der Waals surface area contributed by atoms with Gasteiger partial charge in [0, 0.05) is 13.6 Å². The molecule has 1 N–H and O–H groups in total. The van der Waals surface area contributed by atoms with Crippen LogP contribution in [0.3, 0.4) is 0 Å². The molecule has 1 aliphatic heterocycles. The van der Waals surface area contributed by atoms with E-state index in [1.165, 1.54) is 0 Å². The maximum atomic E-state index is 9.84. The normalized spacial score (nSPS) is 15.7. The van der Waals surface area contributed by atoms with Crippen LogP contribution in [0.5, 0.6) is 11.5 Å². The van der Waals surface area contributed by atoms with Gasteiger partial charge in [0.05, 0.1) is 6.10 Å². The molecule has 0 bridgehead atoms. The van der Waals surface area contributed by atoms with Crippen molar-refractivity contribution in [2.24, 2.45) is 0 Å². The van der Waals surface area contributed by atoms with Crippen molar-refractivity contribution in [3.63, 3.8) is 0 Å². The highest BCUT2D eigenvalue weighted by Gasteiger charge is 2.16. The molecule has 1 aromatic carbocycles. The van der Waals surface area contributed by atoms with E-state index in [4.69, 9.17) is 9.47 Å². The average Bonchev–Trinajstić information content (AvgIpc) is 2.62. The van der Waals surface area contributed by atoms with Gasteiger partial charge in [-0.05, 0) is 24.7 Å². The molecule has 0 fully saturated rings. The van der Waals surface area contributed by atoms with E-state index in [0.29, 0.717) is 12.3 Å². The van der Waals surface area contributed by atoms with Gasteiger partial charge in [-0.15, -0.1) is 0 Å². The lowest BCUT2D eigenvalue weighted by Gasteiger charge is -2.16. The molecule has 1 aromatic rings. The third kappa shape index (κ3) is 2.22. The molecule has 1 unspecified atom stereocenters. The van der Waals surface area contributed by atoms with Crippen molar-refractivity contribution in [2.75, 3.05) is 20.4 Å². The Morgan fingerprint density at radius 1 is 1.47 bits per heavy atom. The maximum Gasteiger partial charge on any atom is 0.231 e. The molecule has 0 aliphatic carbocycles. The van der Waals surface area contributed by atoms with Gasteiger partial charge in [-0.3, -0.25) is 0 Å². The van der Waals surface area contributed by atoms with E-state index < -0.39 is 6.10 Å². The van der Waals surface area contributed by atoms with Crippen LogP contribution in [0.25, 0.3) is 0 Å². The topological polar surface area (TPSA) is 41.9 Å². The van der Waals surface area contributed by atoms with E-state index in [0.717, 1.165) is 11.3 Å². The highest BCUT2D eigenvalue weighted by atomic mass is 16.7. The van der Waals surface area contributed by atoms with E-state index in [2.05, 4.69) is 7.05 Å². The smallest absolute Gasteiger partial charge is 0.231 e. The Bertz CT molecular complexity index is 352. The van der Waals surface area contributed by atoms with Gasteiger partial charge in [0.25, 0.3) is 0 Å². The third-order valence-electron chi connectivity index (χ3n) is 2.27. The highest BCUT2D eigenvalue weighted by Crippen LogP contribution is 2.34. The van der Waals surface area contributed by atoms with E-state index in [1.807, 2.05) is 19.2 Å². The number of nitrogens with zero attached hydrogens (tertiary/aromatic N) is 1. The van der Waals surface area contributed by atoms with Crippen molar-refractivity contribution in [1.29, 1.82) is 0 Å². The van der Waals surface area contributed by atoms with E-state index in [-0.39, 0.29) is 6.79 Å². The summed E-state index contributed by atoms with van der Waals surface area (Å²) in [5, 5.41) is 9.84. The lowest BCUT2D eigenvalue weighted by molar-refractivity contribution is 0.144. The first kappa shape index (κ1) is 10.3. The summed E-state index contributed by atoms with van der Waals surface area (Å²) < 4.78 is 10.4. The van der Waals surface area contributed by atoms with Crippen LogP contribution in [0.15, 0.2) is 18.2 Å². The first-order chi connectivity index (χ1) is 7.16. The predicted molar refractivity (Wildman–Crippen MR) is 55.5 cm³/mol. The van der Waals surface area contributed by atoms with Crippen molar-refractivity contribution in [3.05, 3.63) is 30.8 Å². The Kier molecular flexibility index (Phi) is 2.79. The first-order valence-corrected chi connectivity index (χ1v) is 4.76. The number of aliphatic hydroxyl groups excluding tert-OH is 1. The SMILES string of the molecule is [CH2]N(C)CC(O)c1ccc2c(c1)OCO2. The Labute approximate surface area is 89.0 Å². The quantitative estimate of drug-likeness (QED) is 0.809. The Morgan fingerprint density at radius 3 is 2.93 bits per heavy atom. The maximum absolute atomic E-state index is 9.84. The third-order valence-corrected chi connectivity index (χ3v) is 2.27. The lowest BCUT2D eigenvalue weighted by Crippen LogP contribution is -2.18. The van der Waals surface area contributed by atoms with Gasteiger partial charge in [0.15, 0.2) is 11.5 Å². The van der Waals surface area contributed by atoms with Gasteiger partial charge in [-0.1, -0.05) is 6.07 Å². The monoisotopic (exact) mass is 208 g/mol. The second kappa shape index (κ2) is 4.08. The van der Waals surface area contributed by atoms with Crippen LogP contribution >= 0.6 is 0 Å². The van der Waals surface area contributed by atoms with E-state index in [1.54, 1.807) is 11.0 Å². The largest absolute Gasteiger partial charge is 0.454 e. The molecule has 0 amide bonds. The minimum Gasteiger partial charge on any atom is -0.454 e. The standard InChI is InChI=1S/C11H14NO3/c1-12(2)6-9(13)8-3-4-10-11(5-8)15-7-14-10/h3-5,9,13H,1,6-7H2,2H3. The van der Waals surface area contributed by atoms with Crippen LogP contribution in [-0.4, -0.2) is 30.4 Å². The van der Waals surface area contributed by atoms with Crippen LogP contribution in [0, 0.1) is 7.05 Å². The number of hydrogen-bond acceptors (Lipinski definition) is 4. The number of fused-ring (bicyclic) bond motifs is 1. The minimum absolute atomic E-state index is 0.254. The van der Waals surface area contributed by atoms with Crippen molar-refractivity contribution in [2.45, 2.75) is 6.10 Å². The lowest BCUT2D eigenvalue weighted by atomic mass is 10.1. The first-order valence-electron chi connectivity index (χ1n) is 4.76. The van der Waals surface area contributed by atoms with Gasteiger partial charge in [0.2, 0.25) is 6.79 Å². The fourth-order valence-corrected chi connectivity index (χ4v) is 1.52. The summed E-state index contributed by atoms with van der Waals surface area (Å²) in [6, 6.07) is 5.45. The van der Waals surface area contributed by atoms with E-state index in [9.17, 15) is 5.11 Å². The van der Waals surface area contributed by atoms with Gasteiger partial charge in [-0.25, -0.2) is 0 Å². The molecule has 4 heteroatoms. The molecule has 0 spiro atoms. The molecule has 4 nitrogen and oxygen atoms in total. The fraction of sp³-hybridized carbons (Fsp3) is 0.364. The van der Waals surface area contributed by atoms with Gasteiger partial charge in [-0.2, -0.15) is 0 Å². The second-order valence-corrected chi connectivity index (χ2v) is 3.67. The molecule has 81 valence electrons. The summed E-state index contributed by atoms with van der Waals surface area (Å²) in [4.78, 5) is 1.69. The molecule has 1 aliphatic rings. The molecule has 1 atom stereocenters. The number of likely N-dealkylation sites (N-methyl/N-ethyl adjacent to an activating group) is 1. The number of hydrogen-bond donors (Lipinski definition) is 1. The summed E-state index contributed by atoms with van der Waals surface area (Å²) >= 11 is 0. The van der Waals surface area contributed by atoms with Crippen molar-refractivity contribution in [1.82, 2.24) is 4.90 Å². The van der Waals surface area contributed by atoms with Crippen molar-refractivity contribution in [3.8, 4) is 11.5 Å². The summed E-state index contributed by atoms with van der Waals surface area (Å²) in [6.07, 6.45) is -0.554. The minimum atomic E-state index is -0.554. The number of rotatable bonds is 3. The predicted octanol–water partition coefficient (Wildman–Crippen LogP) is 1.17. The molecule has 1 heterocycles. The summed E-state index contributed by atoms with van der Waals surface area (Å²) in [7, 11) is 5.51. The number of ether oxygens (including phenoxy) is 2. The van der Waals surface area contributed by atoms with Gasteiger partial charge >= 0.3 is 0 Å². The Hall–Kier alpha value is -1.26. The molecule has 0 saturated carbocycles. The molecule has 1 radical (unpaired) electrons. The number of aliphatic hydroxyl groups is 1.